The lowest BCUT2D eigenvalue weighted by molar-refractivity contribution is 0.0936. The monoisotopic (exact) mass is 214 g/mol. The number of urea groups is 1. The van der Waals surface area contributed by atoms with Crippen molar-refractivity contribution >= 4 is 6.03 Å². The largest absolute Gasteiger partial charge is 0.391 e. The van der Waals surface area contributed by atoms with Gasteiger partial charge in [-0.05, 0) is 33.6 Å². The first-order chi connectivity index (χ1) is 6.88. The summed E-state index contributed by atoms with van der Waals surface area (Å²) in [6.07, 6.45) is 3.42. The molecular weight excluding hydrogens is 192 g/mol. The lowest BCUT2D eigenvalue weighted by atomic mass is 9.93. The standard InChI is InChI=1S/C11H22N2O2/c1-11(2,3)13-10(15)12-8-6-4-5-7-9(8)14/h8-9,14H,4-7H2,1-3H3,(H2,12,13,15)/t8-,9-/m0/s1. The van der Waals surface area contributed by atoms with Crippen LogP contribution in [0.3, 0.4) is 0 Å². The minimum atomic E-state index is -0.385. The van der Waals surface area contributed by atoms with E-state index in [4.69, 9.17) is 0 Å². The SMILES string of the molecule is CC(C)(C)NC(=O)N[C@H]1CCCC[C@@H]1O. The van der Waals surface area contributed by atoms with Gasteiger partial charge in [-0.25, -0.2) is 4.79 Å². The topological polar surface area (TPSA) is 61.4 Å². The minimum absolute atomic E-state index is 0.0823. The number of nitrogens with one attached hydrogen (secondary N) is 2. The Hall–Kier alpha value is -0.770. The number of carbonyl (C=O) groups excluding carboxylic acids is 1. The quantitative estimate of drug-likeness (QED) is 0.617. The Balaban J connectivity index is 2.36. The van der Waals surface area contributed by atoms with E-state index >= 15 is 0 Å². The van der Waals surface area contributed by atoms with Crippen LogP contribution in [0.2, 0.25) is 0 Å². The number of aliphatic hydroxyl groups excluding tert-OH is 1. The molecular formula is C11H22N2O2. The van der Waals surface area contributed by atoms with Crippen LogP contribution >= 0.6 is 0 Å². The Labute approximate surface area is 91.4 Å². The van der Waals surface area contributed by atoms with Crippen molar-refractivity contribution in [3.63, 3.8) is 0 Å². The number of hydrogen-bond acceptors (Lipinski definition) is 2. The summed E-state index contributed by atoms with van der Waals surface area (Å²) >= 11 is 0. The Kier molecular flexibility index (Phi) is 3.97. The van der Waals surface area contributed by atoms with Gasteiger partial charge >= 0.3 is 6.03 Å². The molecule has 1 saturated carbocycles. The van der Waals surface area contributed by atoms with E-state index in [9.17, 15) is 9.90 Å². The Morgan fingerprint density at radius 1 is 1.27 bits per heavy atom. The van der Waals surface area contributed by atoms with Gasteiger partial charge in [-0.3, -0.25) is 0 Å². The molecule has 88 valence electrons. The second kappa shape index (κ2) is 4.84. The van der Waals surface area contributed by atoms with E-state index in [1.54, 1.807) is 0 Å². The fourth-order valence-electron chi connectivity index (χ4n) is 1.82. The van der Waals surface area contributed by atoms with Gasteiger partial charge in [0.2, 0.25) is 0 Å². The van der Waals surface area contributed by atoms with Crippen LogP contribution in [0.4, 0.5) is 4.79 Å². The van der Waals surface area contributed by atoms with Gasteiger partial charge in [-0.2, -0.15) is 0 Å². The molecule has 4 nitrogen and oxygen atoms in total. The van der Waals surface area contributed by atoms with Gasteiger partial charge in [0, 0.05) is 5.54 Å². The zero-order valence-corrected chi connectivity index (χ0v) is 9.84. The molecule has 3 N–H and O–H groups in total. The third kappa shape index (κ3) is 4.51. The van der Waals surface area contributed by atoms with Crippen LogP contribution in [0.1, 0.15) is 46.5 Å². The van der Waals surface area contributed by atoms with E-state index in [1.807, 2.05) is 20.8 Å². The molecule has 1 aliphatic rings. The summed E-state index contributed by atoms with van der Waals surface area (Å²) in [7, 11) is 0. The lowest BCUT2D eigenvalue weighted by Crippen LogP contribution is -2.53. The van der Waals surface area contributed by atoms with Gasteiger partial charge in [0.05, 0.1) is 12.1 Å². The summed E-state index contributed by atoms with van der Waals surface area (Å²) in [4.78, 5) is 11.5. The lowest BCUT2D eigenvalue weighted by Gasteiger charge is -2.30. The van der Waals surface area contributed by atoms with Gasteiger partial charge in [-0.15, -0.1) is 0 Å². The normalized spacial score (nSPS) is 27.2. The first-order valence-electron chi connectivity index (χ1n) is 5.65. The number of amides is 2. The van der Waals surface area contributed by atoms with Gasteiger partial charge < -0.3 is 15.7 Å². The predicted octanol–water partition coefficient (Wildman–Crippen LogP) is 1.39. The fourth-order valence-corrected chi connectivity index (χ4v) is 1.82. The number of carbonyl (C=O) groups is 1. The van der Waals surface area contributed by atoms with E-state index in [2.05, 4.69) is 10.6 Å². The molecule has 0 aromatic heterocycles. The number of aliphatic hydroxyl groups is 1. The molecule has 2 atom stereocenters. The molecule has 0 bridgehead atoms. The molecule has 0 aliphatic heterocycles. The van der Waals surface area contributed by atoms with Gasteiger partial charge in [0.1, 0.15) is 0 Å². The smallest absolute Gasteiger partial charge is 0.315 e. The Morgan fingerprint density at radius 2 is 1.87 bits per heavy atom. The molecule has 1 rings (SSSR count). The summed E-state index contributed by atoms with van der Waals surface area (Å²) in [5.41, 5.74) is -0.232. The van der Waals surface area contributed by atoms with Gasteiger partial charge in [-0.1, -0.05) is 12.8 Å². The van der Waals surface area contributed by atoms with E-state index < -0.39 is 0 Å². The maximum Gasteiger partial charge on any atom is 0.315 e. The number of rotatable bonds is 1. The van der Waals surface area contributed by atoms with Crippen molar-refractivity contribution in [1.82, 2.24) is 10.6 Å². The average Bonchev–Trinajstić information content (AvgIpc) is 2.05. The fraction of sp³-hybridized carbons (Fsp3) is 0.909. The molecule has 1 fully saturated rings. The molecule has 0 radical (unpaired) electrons. The molecule has 15 heavy (non-hydrogen) atoms. The highest BCUT2D eigenvalue weighted by Gasteiger charge is 2.25. The van der Waals surface area contributed by atoms with Crippen molar-refractivity contribution in [2.45, 2.75) is 64.1 Å². The summed E-state index contributed by atoms with van der Waals surface area (Å²) in [6, 6.07) is -0.269. The highest BCUT2D eigenvalue weighted by Crippen LogP contribution is 2.18. The third-order valence-electron chi connectivity index (χ3n) is 2.53. The van der Waals surface area contributed by atoms with Crippen LogP contribution in [0, 0.1) is 0 Å². The highest BCUT2D eigenvalue weighted by molar-refractivity contribution is 5.75. The second-order valence-corrected chi connectivity index (χ2v) is 5.31. The first-order valence-corrected chi connectivity index (χ1v) is 5.65. The van der Waals surface area contributed by atoms with Crippen molar-refractivity contribution in [3.8, 4) is 0 Å². The van der Waals surface area contributed by atoms with E-state index in [0.29, 0.717) is 0 Å². The van der Waals surface area contributed by atoms with Crippen LogP contribution in [0.5, 0.6) is 0 Å². The van der Waals surface area contributed by atoms with Crippen molar-refractivity contribution in [3.05, 3.63) is 0 Å². The summed E-state index contributed by atoms with van der Waals surface area (Å²) in [6.45, 7) is 5.80. The molecule has 0 heterocycles. The molecule has 1 aliphatic carbocycles. The van der Waals surface area contributed by atoms with E-state index in [-0.39, 0.29) is 23.7 Å². The summed E-state index contributed by atoms with van der Waals surface area (Å²) < 4.78 is 0. The molecule has 0 spiro atoms. The molecule has 4 heteroatoms. The predicted molar refractivity (Wildman–Crippen MR) is 59.7 cm³/mol. The van der Waals surface area contributed by atoms with Crippen LogP contribution in [0.25, 0.3) is 0 Å². The highest BCUT2D eigenvalue weighted by atomic mass is 16.3. The van der Waals surface area contributed by atoms with Crippen LogP contribution in [-0.2, 0) is 0 Å². The van der Waals surface area contributed by atoms with E-state index in [1.165, 1.54) is 0 Å². The van der Waals surface area contributed by atoms with E-state index in [0.717, 1.165) is 25.7 Å². The van der Waals surface area contributed by atoms with Gasteiger partial charge in [0.15, 0.2) is 0 Å². The van der Waals surface area contributed by atoms with Crippen LogP contribution in [0.15, 0.2) is 0 Å². The van der Waals surface area contributed by atoms with Crippen molar-refractivity contribution in [2.75, 3.05) is 0 Å². The molecule has 0 unspecified atom stereocenters. The maximum atomic E-state index is 11.5. The minimum Gasteiger partial charge on any atom is -0.391 e. The Morgan fingerprint density at radius 3 is 2.40 bits per heavy atom. The molecule has 0 aromatic carbocycles. The van der Waals surface area contributed by atoms with Gasteiger partial charge in [0.25, 0.3) is 0 Å². The third-order valence-corrected chi connectivity index (χ3v) is 2.53. The van der Waals surface area contributed by atoms with Crippen LogP contribution in [-0.4, -0.2) is 28.8 Å². The second-order valence-electron chi connectivity index (χ2n) is 5.31. The van der Waals surface area contributed by atoms with Crippen molar-refractivity contribution in [2.24, 2.45) is 0 Å². The summed E-state index contributed by atoms with van der Waals surface area (Å²) in [5.74, 6) is 0. The molecule has 0 saturated heterocycles. The zero-order chi connectivity index (χ0) is 11.5. The molecule has 0 aromatic rings. The van der Waals surface area contributed by atoms with Crippen LogP contribution < -0.4 is 10.6 Å². The first kappa shape index (κ1) is 12.3. The maximum absolute atomic E-state index is 11.5. The average molecular weight is 214 g/mol. The Bertz CT molecular complexity index is 223. The molecule has 2 amide bonds. The zero-order valence-electron chi connectivity index (χ0n) is 9.84. The number of hydrogen-bond donors (Lipinski definition) is 3. The van der Waals surface area contributed by atoms with Crippen molar-refractivity contribution < 1.29 is 9.90 Å². The summed E-state index contributed by atoms with van der Waals surface area (Å²) in [5, 5.41) is 15.3. The van der Waals surface area contributed by atoms with Crippen molar-refractivity contribution in [1.29, 1.82) is 0 Å².